The zero-order valence-electron chi connectivity index (χ0n) is 15.5. The minimum atomic E-state index is -4.35. The van der Waals surface area contributed by atoms with Gasteiger partial charge in [0.25, 0.3) is 0 Å². The van der Waals surface area contributed by atoms with Crippen LogP contribution in [0.3, 0.4) is 0 Å². The largest absolute Gasteiger partial charge is 0.416 e. The van der Waals surface area contributed by atoms with Crippen LogP contribution < -0.4 is 5.32 Å². The third kappa shape index (κ3) is 6.10. The maximum absolute atomic E-state index is 12.6. The molecule has 1 saturated heterocycles. The minimum absolute atomic E-state index is 0.185. The van der Waals surface area contributed by atoms with Gasteiger partial charge in [-0.1, -0.05) is 12.1 Å². The first kappa shape index (κ1) is 21.5. The molecule has 0 aliphatic carbocycles. The number of halogens is 3. The van der Waals surface area contributed by atoms with E-state index in [1.165, 1.54) is 16.4 Å². The van der Waals surface area contributed by atoms with Crippen molar-refractivity contribution >= 4 is 16.0 Å². The van der Waals surface area contributed by atoms with Gasteiger partial charge in [-0.3, -0.25) is 4.99 Å². The van der Waals surface area contributed by atoms with E-state index in [2.05, 4.69) is 10.3 Å². The molecule has 0 spiro atoms. The molecule has 10 heteroatoms. The molecule has 1 aromatic rings. The summed E-state index contributed by atoms with van der Waals surface area (Å²) in [4.78, 5) is 6.24. The standard InChI is InChI=1S/C17H25F3N4O2S/c1-3-21-16(22-9-11-24-10-4-12-27(24,25)26)23(2)13-14-5-7-15(8-6-14)17(18,19)20/h5-8H,3-4,9-13H2,1-2H3,(H,21,22). The molecule has 0 unspecified atom stereocenters. The molecule has 0 bridgehead atoms. The molecular formula is C17H25F3N4O2S. The molecule has 0 aromatic heterocycles. The molecule has 27 heavy (non-hydrogen) atoms. The Balaban J connectivity index is 1.98. The number of hydrogen-bond donors (Lipinski definition) is 1. The van der Waals surface area contributed by atoms with Crippen LogP contribution in [0.4, 0.5) is 13.2 Å². The predicted molar refractivity (Wildman–Crippen MR) is 98.9 cm³/mol. The normalized spacial score (nSPS) is 17.9. The van der Waals surface area contributed by atoms with E-state index in [1.807, 2.05) is 6.92 Å². The fourth-order valence-corrected chi connectivity index (χ4v) is 4.35. The van der Waals surface area contributed by atoms with Crippen LogP contribution in [0.1, 0.15) is 24.5 Å². The molecule has 1 heterocycles. The number of sulfonamides is 1. The molecule has 6 nitrogen and oxygen atoms in total. The van der Waals surface area contributed by atoms with Crippen LogP contribution >= 0.6 is 0 Å². The Morgan fingerprint density at radius 2 is 1.96 bits per heavy atom. The molecule has 1 aliphatic rings. The average Bonchev–Trinajstić information content (AvgIpc) is 2.92. The molecule has 152 valence electrons. The number of hydrogen-bond acceptors (Lipinski definition) is 3. The van der Waals surface area contributed by atoms with Gasteiger partial charge < -0.3 is 10.2 Å². The lowest BCUT2D eigenvalue weighted by Gasteiger charge is -2.23. The van der Waals surface area contributed by atoms with E-state index in [9.17, 15) is 21.6 Å². The van der Waals surface area contributed by atoms with Crippen molar-refractivity contribution in [3.05, 3.63) is 35.4 Å². The summed E-state index contributed by atoms with van der Waals surface area (Å²) in [6.45, 7) is 4.08. The Morgan fingerprint density at radius 3 is 2.48 bits per heavy atom. The first-order valence-corrected chi connectivity index (χ1v) is 10.4. The second kappa shape index (κ2) is 8.92. The fraction of sp³-hybridized carbons (Fsp3) is 0.588. The first-order valence-electron chi connectivity index (χ1n) is 8.77. The number of rotatable bonds is 6. The molecule has 0 radical (unpaired) electrons. The van der Waals surface area contributed by atoms with Crippen molar-refractivity contribution in [2.75, 3.05) is 39.0 Å². The van der Waals surface area contributed by atoms with Crippen LogP contribution in [0.25, 0.3) is 0 Å². The van der Waals surface area contributed by atoms with Gasteiger partial charge in [-0.2, -0.15) is 13.2 Å². The van der Waals surface area contributed by atoms with Crippen LogP contribution in [0.15, 0.2) is 29.3 Å². The van der Waals surface area contributed by atoms with Crippen molar-refractivity contribution in [3.8, 4) is 0 Å². The van der Waals surface area contributed by atoms with E-state index in [1.54, 1.807) is 11.9 Å². The average molecular weight is 406 g/mol. The van der Waals surface area contributed by atoms with Crippen molar-refractivity contribution in [1.29, 1.82) is 0 Å². The summed E-state index contributed by atoms with van der Waals surface area (Å²) in [5.74, 6) is 0.763. The quantitative estimate of drug-likeness (QED) is 0.581. The minimum Gasteiger partial charge on any atom is -0.357 e. The molecule has 2 rings (SSSR count). The topological polar surface area (TPSA) is 65.0 Å². The molecule has 1 aliphatic heterocycles. The summed E-state index contributed by atoms with van der Waals surface area (Å²) in [5.41, 5.74) is 0.0412. The highest BCUT2D eigenvalue weighted by Gasteiger charge is 2.30. The SMILES string of the molecule is CCNC(=NCCN1CCCS1(=O)=O)N(C)Cc1ccc(C(F)(F)F)cc1. The van der Waals surface area contributed by atoms with Gasteiger partial charge in [0, 0.05) is 33.2 Å². The molecule has 1 fully saturated rings. The zero-order valence-corrected chi connectivity index (χ0v) is 16.3. The van der Waals surface area contributed by atoms with Crippen molar-refractivity contribution in [2.24, 2.45) is 4.99 Å². The molecule has 0 amide bonds. The molecular weight excluding hydrogens is 381 g/mol. The van der Waals surface area contributed by atoms with Gasteiger partial charge in [0.2, 0.25) is 10.0 Å². The van der Waals surface area contributed by atoms with E-state index < -0.39 is 21.8 Å². The van der Waals surface area contributed by atoms with Crippen molar-refractivity contribution in [1.82, 2.24) is 14.5 Å². The van der Waals surface area contributed by atoms with E-state index in [-0.39, 0.29) is 5.75 Å². The molecule has 1 N–H and O–H groups in total. The summed E-state index contributed by atoms with van der Waals surface area (Å²) in [6.07, 6.45) is -3.71. The lowest BCUT2D eigenvalue weighted by atomic mass is 10.1. The number of nitrogens with zero attached hydrogens (tertiary/aromatic N) is 3. The number of nitrogens with one attached hydrogen (secondary N) is 1. The maximum atomic E-state index is 12.6. The van der Waals surface area contributed by atoms with Gasteiger partial charge in [0.15, 0.2) is 5.96 Å². The lowest BCUT2D eigenvalue weighted by Crippen LogP contribution is -2.39. The summed E-state index contributed by atoms with van der Waals surface area (Å²) >= 11 is 0. The lowest BCUT2D eigenvalue weighted by molar-refractivity contribution is -0.137. The van der Waals surface area contributed by atoms with Gasteiger partial charge in [0.05, 0.1) is 17.9 Å². The van der Waals surface area contributed by atoms with Crippen LogP contribution in [0, 0.1) is 0 Å². The smallest absolute Gasteiger partial charge is 0.357 e. The van der Waals surface area contributed by atoms with Crippen LogP contribution in [0.2, 0.25) is 0 Å². The van der Waals surface area contributed by atoms with E-state index in [0.29, 0.717) is 45.1 Å². The van der Waals surface area contributed by atoms with Gasteiger partial charge >= 0.3 is 6.18 Å². The van der Waals surface area contributed by atoms with Gasteiger partial charge in [-0.05, 0) is 31.0 Å². The van der Waals surface area contributed by atoms with Crippen molar-refractivity contribution in [3.63, 3.8) is 0 Å². The zero-order chi connectivity index (χ0) is 20.1. The Labute approximate surface area is 158 Å². The Hall–Kier alpha value is -1.81. The fourth-order valence-electron chi connectivity index (χ4n) is 2.83. The molecule has 0 saturated carbocycles. The van der Waals surface area contributed by atoms with E-state index in [0.717, 1.165) is 17.7 Å². The van der Waals surface area contributed by atoms with Gasteiger partial charge in [-0.15, -0.1) is 0 Å². The van der Waals surface area contributed by atoms with Crippen LogP contribution in [-0.2, 0) is 22.7 Å². The number of guanidine groups is 1. The highest BCUT2D eigenvalue weighted by molar-refractivity contribution is 7.89. The number of alkyl halides is 3. The molecule has 1 aromatic carbocycles. The summed E-state index contributed by atoms with van der Waals surface area (Å²) in [7, 11) is -1.36. The maximum Gasteiger partial charge on any atom is 0.416 e. The first-order chi connectivity index (χ1) is 12.6. The van der Waals surface area contributed by atoms with E-state index >= 15 is 0 Å². The summed E-state index contributed by atoms with van der Waals surface area (Å²) < 4.78 is 63.0. The Kier molecular flexibility index (Phi) is 7.10. The Morgan fingerprint density at radius 1 is 1.30 bits per heavy atom. The van der Waals surface area contributed by atoms with E-state index in [4.69, 9.17) is 0 Å². The predicted octanol–water partition coefficient (Wildman–Crippen LogP) is 2.14. The number of benzene rings is 1. The highest BCUT2D eigenvalue weighted by atomic mass is 32.2. The number of aliphatic imine (C=N–C) groups is 1. The van der Waals surface area contributed by atoms with Crippen molar-refractivity contribution < 1.29 is 21.6 Å². The second-order valence-electron chi connectivity index (χ2n) is 6.36. The molecule has 0 atom stereocenters. The monoisotopic (exact) mass is 406 g/mol. The van der Waals surface area contributed by atoms with Crippen LogP contribution in [-0.4, -0.2) is 62.6 Å². The third-order valence-electron chi connectivity index (χ3n) is 4.21. The third-order valence-corrected chi connectivity index (χ3v) is 6.17. The van der Waals surface area contributed by atoms with Gasteiger partial charge in [0.1, 0.15) is 0 Å². The Bertz CT molecular complexity index is 748. The summed E-state index contributed by atoms with van der Waals surface area (Å²) in [5, 5.41) is 3.11. The van der Waals surface area contributed by atoms with Crippen LogP contribution in [0.5, 0.6) is 0 Å². The summed E-state index contributed by atoms with van der Waals surface area (Å²) in [6, 6.07) is 5.01. The van der Waals surface area contributed by atoms with Gasteiger partial charge in [-0.25, -0.2) is 12.7 Å². The highest BCUT2D eigenvalue weighted by Crippen LogP contribution is 2.29. The van der Waals surface area contributed by atoms with Crippen molar-refractivity contribution in [2.45, 2.75) is 26.1 Å². The second-order valence-corrected chi connectivity index (χ2v) is 8.44.